The van der Waals surface area contributed by atoms with Gasteiger partial charge in [0, 0.05) is 24.0 Å². The number of nitrogens with zero attached hydrogens (tertiary/aromatic N) is 2. The number of rotatable bonds is 4. The third-order valence-corrected chi connectivity index (χ3v) is 4.74. The number of pyridine rings is 1. The maximum atomic E-state index is 12.4. The van der Waals surface area contributed by atoms with Crippen LogP contribution in [0, 0.1) is 0 Å². The van der Waals surface area contributed by atoms with E-state index in [0.717, 1.165) is 18.0 Å². The SMILES string of the molecule is Nc1nc(NC2CCCCC2)sc1C(=O)c1ccncc1. The number of hydrogen-bond donors (Lipinski definition) is 2. The molecule has 1 aliphatic carbocycles. The van der Waals surface area contributed by atoms with E-state index in [1.165, 1.54) is 30.6 Å². The second kappa shape index (κ2) is 6.22. The molecule has 2 heterocycles. The molecule has 6 heteroatoms. The van der Waals surface area contributed by atoms with Crippen LogP contribution in [0.5, 0.6) is 0 Å². The summed E-state index contributed by atoms with van der Waals surface area (Å²) in [6.07, 6.45) is 9.34. The maximum Gasteiger partial charge on any atom is 0.206 e. The van der Waals surface area contributed by atoms with E-state index in [4.69, 9.17) is 5.73 Å². The first-order valence-electron chi connectivity index (χ1n) is 7.21. The van der Waals surface area contributed by atoms with E-state index in [1.54, 1.807) is 24.5 Å². The number of anilines is 2. The first-order chi connectivity index (χ1) is 10.2. The van der Waals surface area contributed by atoms with Crippen molar-refractivity contribution < 1.29 is 4.79 Å². The van der Waals surface area contributed by atoms with Crippen LogP contribution in [0.15, 0.2) is 24.5 Å². The van der Waals surface area contributed by atoms with Gasteiger partial charge in [-0.15, -0.1) is 0 Å². The van der Waals surface area contributed by atoms with Crippen molar-refractivity contribution in [2.24, 2.45) is 0 Å². The quantitative estimate of drug-likeness (QED) is 0.848. The molecule has 2 aromatic heterocycles. The summed E-state index contributed by atoms with van der Waals surface area (Å²) in [5, 5.41) is 4.16. The van der Waals surface area contributed by atoms with Crippen LogP contribution in [0.4, 0.5) is 10.9 Å². The highest BCUT2D eigenvalue weighted by atomic mass is 32.1. The van der Waals surface area contributed by atoms with E-state index in [0.29, 0.717) is 22.3 Å². The van der Waals surface area contributed by atoms with Crippen LogP contribution in [0.1, 0.15) is 47.3 Å². The number of thiazole rings is 1. The normalized spacial score (nSPS) is 15.8. The average Bonchev–Trinajstić information content (AvgIpc) is 2.89. The molecule has 0 unspecified atom stereocenters. The Hall–Kier alpha value is -1.95. The second-order valence-corrected chi connectivity index (χ2v) is 6.28. The van der Waals surface area contributed by atoms with Crippen LogP contribution < -0.4 is 11.1 Å². The Kier molecular flexibility index (Phi) is 4.15. The fourth-order valence-electron chi connectivity index (χ4n) is 2.61. The lowest BCUT2D eigenvalue weighted by Crippen LogP contribution is -2.22. The zero-order chi connectivity index (χ0) is 14.7. The van der Waals surface area contributed by atoms with Crippen molar-refractivity contribution in [1.82, 2.24) is 9.97 Å². The standard InChI is InChI=1S/C15H18N4OS/c16-14-13(12(20)10-6-8-17-9-7-10)21-15(19-14)18-11-4-2-1-3-5-11/h6-9,11H,1-5,16H2,(H,18,19). The number of nitrogens with two attached hydrogens (primary N) is 1. The molecule has 3 rings (SSSR count). The van der Waals surface area contributed by atoms with Crippen LogP contribution >= 0.6 is 11.3 Å². The van der Waals surface area contributed by atoms with Gasteiger partial charge in [-0.05, 0) is 25.0 Å². The van der Waals surface area contributed by atoms with Gasteiger partial charge < -0.3 is 11.1 Å². The minimum Gasteiger partial charge on any atom is -0.382 e. The summed E-state index contributed by atoms with van der Waals surface area (Å²) < 4.78 is 0. The molecule has 0 aliphatic heterocycles. The number of carbonyl (C=O) groups is 1. The molecule has 110 valence electrons. The van der Waals surface area contributed by atoms with Crippen molar-refractivity contribution in [1.29, 1.82) is 0 Å². The van der Waals surface area contributed by atoms with E-state index in [2.05, 4.69) is 15.3 Å². The lowest BCUT2D eigenvalue weighted by atomic mass is 9.96. The Morgan fingerprint density at radius 3 is 2.67 bits per heavy atom. The summed E-state index contributed by atoms with van der Waals surface area (Å²) >= 11 is 1.34. The van der Waals surface area contributed by atoms with E-state index in [-0.39, 0.29) is 5.78 Å². The van der Waals surface area contributed by atoms with Crippen LogP contribution in [-0.4, -0.2) is 21.8 Å². The van der Waals surface area contributed by atoms with Crippen molar-refractivity contribution >= 4 is 28.1 Å². The molecule has 2 aromatic rings. The van der Waals surface area contributed by atoms with Crippen molar-refractivity contribution in [2.45, 2.75) is 38.1 Å². The Morgan fingerprint density at radius 1 is 1.24 bits per heavy atom. The maximum absolute atomic E-state index is 12.4. The summed E-state index contributed by atoms with van der Waals surface area (Å²) in [5.41, 5.74) is 6.50. The monoisotopic (exact) mass is 302 g/mol. The lowest BCUT2D eigenvalue weighted by Gasteiger charge is -2.22. The summed E-state index contributed by atoms with van der Waals surface area (Å²) in [6.45, 7) is 0. The first-order valence-corrected chi connectivity index (χ1v) is 8.03. The molecule has 0 saturated heterocycles. The predicted molar refractivity (Wildman–Crippen MR) is 84.7 cm³/mol. The zero-order valence-electron chi connectivity index (χ0n) is 11.7. The molecule has 21 heavy (non-hydrogen) atoms. The lowest BCUT2D eigenvalue weighted by molar-refractivity contribution is 0.104. The number of hydrogen-bond acceptors (Lipinski definition) is 6. The fraction of sp³-hybridized carbons (Fsp3) is 0.400. The summed E-state index contributed by atoms with van der Waals surface area (Å²) in [7, 11) is 0. The van der Waals surface area contributed by atoms with Gasteiger partial charge in [-0.2, -0.15) is 0 Å². The van der Waals surface area contributed by atoms with Crippen LogP contribution in [0.2, 0.25) is 0 Å². The van der Waals surface area contributed by atoms with Gasteiger partial charge in [0.15, 0.2) is 5.13 Å². The molecule has 1 saturated carbocycles. The van der Waals surface area contributed by atoms with Gasteiger partial charge in [-0.1, -0.05) is 30.6 Å². The first kappa shape index (κ1) is 14.0. The summed E-state index contributed by atoms with van der Waals surface area (Å²) in [4.78, 5) is 21.1. The minimum atomic E-state index is -0.0934. The molecular weight excluding hydrogens is 284 g/mol. The second-order valence-electron chi connectivity index (χ2n) is 5.28. The van der Waals surface area contributed by atoms with Crippen LogP contribution in [0.3, 0.4) is 0 Å². The highest BCUT2D eigenvalue weighted by Crippen LogP contribution is 2.30. The molecule has 1 aliphatic rings. The molecular formula is C15H18N4OS. The molecule has 0 aromatic carbocycles. The van der Waals surface area contributed by atoms with Gasteiger partial charge >= 0.3 is 0 Å². The van der Waals surface area contributed by atoms with Crippen LogP contribution in [-0.2, 0) is 0 Å². The Morgan fingerprint density at radius 2 is 1.95 bits per heavy atom. The molecule has 5 nitrogen and oxygen atoms in total. The molecule has 0 amide bonds. The van der Waals surface area contributed by atoms with Gasteiger partial charge in [-0.25, -0.2) is 4.98 Å². The highest BCUT2D eigenvalue weighted by Gasteiger charge is 2.20. The molecule has 0 atom stereocenters. The number of nitrogens with one attached hydrogen (secondary N) is 1. The Balaban J connectivity index is 1.76. The van der Waals surface area contributed by atoms with E-state index in [9.17, 15) is 4.79 Å². The van der Waals surface area contributed by atoms with Gasteiger partial charge in [0.2, 0.25) is 5.78 Å². The number of aromatic nitrogens is 2. The van der Waals surface area contributed by atoms with Gasteiger partial charge in [0.1, 0.15) is 10.7 Å². The van der Waals surface area contributed by atoms with E-state index < -0.39 is 0 Å². The zero-order valence-corrected chi connectivity index (χ0v) is 12.5. The molecule has 1 fully saturated rings. The Labute approximate surface area is 127 Å². The molecule has 0 spiro atoms. The smallest absolute Gasteiger partial charge is 0.206 e. The average molecular weight is 302 g/mol. The van der Waals surface area contributed by atoms with Crippen molar-refractivity contribution in [3.8, 4) is 0 Å². The number of ketones is 1. The van der Waals surface area contributed by atoms with E-state index >= 15 is 0 Å². The summed E-state index contributed by atoms with van der Waals surface area (Å²) in [5.74, 6) is 0.212. The van der Waals surface area contributed by atoms with Crippen molar-refractivity contribution in [2.75, 3.05) is 11.1 Å². The fourth-order valence-corrected chi connectivity index (χ4v) is 3.54. The molecule has 0 bridgehead atoms. The number of nitrogen functional groups attached to an aromatic ring is 1. The van der Waals surface area contributed by atoms with Crippen molar-refractivity contribution in [3.05, 3.63) is 35.0 Å². The Bertz CT molecular complexity index is 620. The third-order valence-electron chi connectivity index (χ3n) is 3.73. The predicted octanol–water partition coefficient (Wildman–Crippen LogP) is 3.10. The topological polar surface area (TPSA) is 80.9 Å². The van der Waals surface area contributed by atoms with Gasteiger partial charge in [-0.3, -0.25) is 9.78 Å². The number of carbonyl (C=O) groups excluding carboxylic acids is 1. The van der Waals surface area contributed by atoms with Crippen LogP contribution in [0.25, 0.3) is 0 Å². The molecule has 0 radical (unpaired) electrons. The van der Waals surface area contributed by atoms with Gasteiger partial charge in [0.05, 0.1) is 0 Å². The highest BCUT2D eigenvalue weighted by molar-refractivity contribution is 7.18. The summed E-state index contributed by atoms with van der Waals surface area (Å²) in [6, 6.07) is 3.83. The molecule has 3 N–H and O–H groups in total. The van der Waals surface area contributed by atoms with Crippen molar-refractivity contribution in [3.63, 3.8) is 0 Å². The largest absolute Gasteiger partial charge is 0.382 e. The van der Waals surface area contributed by atoms with Gasteiger partial charge in [0.25, 0.3) is 0 Å². The van der Waals surface area contributed by atoms with E-state index in [1.807, 2.05) is 0 Å². The third kappa shape index (κ3) is 3.21. The minimum absolute atomic E-state index is 0.0934.